The Hall–Kier alpha value is -3.74. The highest BCUT2D eigenvalue weighted by atomic mass is 19.1. The highest BCUT2D eigenvalue weighted by Crippen LogP contribution is 2.24. The van der Waals surface area contributed by atoms with Crippen LogP contribution in [0.25, 0.3) is 0 Å². The fourth-order valence-corrected chi connectivity index (χ4v) is 2.46. The zero-order valence-electron chi connectivity index (χ0n) is 15.1. The van der Waals surface area contributed by atoms with Gasteiger partial charge < -0.3 is 15.4 Å². The fraction of sp³-hybridized carbons (Fsp3) is 0.0952. The van der Waals surface area contributed by atoms with E-state index in [9.17, 15) is 14.0 Å². The van der Waals surface area contributed by atoms with Crippen LogP contribution >= 0.6 is 0 Å². The lowest BCUT2D eigenvalue weighted by molar-refractivity contribution is -0.114. The number of carbonyl (C=O) groups is 2. The lowest BCUT2D eigenvalue weighted by Crippen LogP contribution is -2.22. The van der Waals surface area contributed by atoms with E-state index in [0.29, 0.717) is 22.6 Å². The van der Waals surface area contributed by atoms with Gasteiger partial charge in [-0.25, -0.2) is 4.39 Å². The molecule has 2 N–H and O–H groups in total. The predicted octanol–water partition coefficient (Wildman–Crippen LogP) is 3.90. The van der Waals surface area contributed by atoms with Gasteiger partial charge in [-0.05, 0) is 54.1 Å². The van der Waals surface area contributed by atoms with Gasteiger partial charge in [0.15, 0.2) is 11.6 Å². The van der Waals surface area contributed by atoms with Crippen LogP contribution in [0.1, 0.15) is 22.8 Å². The number of hydrogen-bond acceptors (Lipinski definition) is 4. The third-order valence-electron chi connectivity index (χ3n) is 3.78. The molecule has 0 saturated heterocycles. The van der Waals surface area contributed by atoms with Crippen LogP contribution in [-0.4, -0.2) is 16.8 Å². The third-order valence-corrected chi connectivity index (χ3v) is 3.78. The second-order valence-electron chi connectivity index (χ2n) is 6.00. The highest BCUT2D eigenvalue weighted by molar-refractivity contribution is 5.95. The maximum Gasteiger partial charge on any atom is 0.251 e. The van der Waals surface area contributed by atoms with Crippen molar-refractivity contribution in [3.63, 3.8) is 0 Å². The Labute approximate surface area is 161 Å². The third kappa shape index (κ3) is 5.14. The number of rotatable bonds is 6. The van der Waals surface area contributed by atoms with E-state index in [1.54, 1.807) is 48.7 Å². The number of halogens is 1. The zero-order valence-corrected chi connectivity index (χ0v) is 15.1. The van der Waals surface area contributed by atoms with Crippen molar-refractivity contribution in [1.29, 1.82) is 0 Å². The molecule has 0 atom stereocenters. The molecule has 0 fully saturated rings. The second kappa shape index (κ2) is 8.77. The van der Waals surface area contributed by atoms with Crippen LogP contribution in [0.15, 0.2) is 67.0 Å². The van der Waals surface area contributed by atoms with Gasteiger partial charge in [-0.15, -0.1) is 0 Å². The Bertz CT molecular complexity index is 976. The van der Waals surface area contributed by atoms with Crippen molar-refractivity contribution >= 4 is 17.5 Å². The molecule has 0 radical (unpaired) electrons. The molecular weight excluding hydrogens is 361 g/mol. The van der Waals surface area contributed by atoms with Crippen LogP contribution in [0, 0.1) is 5.82 Å². The van der Waals surface area contributed by atoms with Gasteiger partial charge in [-0.1, -0.05) is 6.07 Å². The normalized spacial score (nSPS) is 10.2. The summed E-state index contributed by atoms with van der Waals surface area (Å²) in [5.74, 6) is -0.502. The van der Waals surface area contributed by atoms with Gasteiger partial charge in [-0.2, -0.15) is 0 Å². The highest BCUT2D eigenvalue weighted by Gasteiger charge is 2.09. The van der Waals surface area contributed by atoms with Crippen LogP contribution in [0.4, 0.5) is 10.1 Å². The van der Waals surface area contributed by atoms with Gasteiger partial charge in [0.2, 0.25) is 5.91 Å². The lowest BCUT2D eigenvalue weighted by Gasteiger charge is -2.09. The molecule has 0 saturated carbocycles. The Kier molecular flexibility index (Phi) is 5.96. The van der Waals surface area contributed by atoms with Crippen LogP contribution in [0.5, 0.6) is 11.5 Å². The van der Waals surface area contributed by atoms with Crippen LogP contribution < -0.4 is 15.4 Å². The van der Waals surface area contributed by atoms with E-state index < -0.39 is 5.82 Å². The Morgan fingerprint density at radius 2 is 1.89 bits per heavy atom. The Balaban J connectivity index is 1.59. The largest absolute Gasteiger partial charge is 0.453 e. The molecule has 0 aliphatic carbocycles. The van der Waals surface area contributed by atoms with E-state index in [2.05, 4.69) is 15.6 Å². The summed E-state index contributed by atoms with van der Waals surface area (Å²) in [6.07, 6.45) is 3.09. The molecule has 6 nitrogen and oxygen atoms in total. The molecule has 2 amide bonds. The van der Waals surface area contributed by atoms with Crippen molar-refractivity contribution in [2.45, 2.75) is 13.5 Å². The SMILES string of the molecule is CC(=O)Nc1ccc(C(=O)NCc2ccc(Oc3cccnc3)c(F)c2)cc1. The smallest absolute Gasteiger partial charge is 0.251 e. The number of hydrogen-bond donors (Lipinski definition) is 2. The van der Waals surface area contributed by atoms with Crippen molar-refractivity contribution in [2.24, 2.45) is 0 Å². The minimum Gasteiger partial charge on any atom is -0.453 e. The average Bonchev–Trinajstić information content (AvgIpc) is 2.69. The maximum atomic E-state index is 14.2. The number of anilines is 1. The molecule has 142 valence electrons. The van der Waals surface area contributed by atoms with Gasteiger partial charge in [0.1, 0.15) is 5.75 Å². The molecule has 28 heavy (non-hydrogen) atoms. The minimum absolute atomic E-state index is 0.0802. The number of nitrogens with zero attached hydrogens (tertiary/aromatic N) is 1. The van der Waals surface area contributed by atoms with Gasteiger partial charge in [0.05, 0.1) is 6.20 Å². The fourth-order valence-electron chi connectivity index (χ4n) is 2.46. The van der Waals surface area contributed by atoms with Crippen molar-refractivity contribution in [2.75, 3.05) is 5.32 Å². The summed E-state index contributed by atoms with van der Waals surface area (Å²) >= 11 is 0. The quantitative estimate of drug-likeness (QED) is 0.681. The van der Waals surface area contributed by atoms with Crippen molar-refractivity contribution in [3.05, 3.63) is 83.9 Å². The zero-order chi connectivity index (χ0) is 19.9. The van der Waals surface area contributed by atoms with Crippen molar-refractivity contribution < 1.29 is 18.7 Å². The molecule has 0 aliphatic heterocycles. The number of nitrogens with one attached hydrogen (secondary N) is 2. The van der Waals surface area contributed by atoms with Crippen LogP contribution in [0.3, 0.4) is 0 Å². The number of benzene rings is 2. The summed E-state index contributed by atoms with van der Waals surface area (Å²) in [5.41, 5.74) is 1.64. The molecule has 0 bridgehead atoms. The standard InChI is InChI=1S/C21H18FN3O3/c1-14(26)25-17-7-5-16(6-8-17)21(27)24-12-15-4-9-20(19(22)11-15)28-18-3-2-10-23-13-18/h2-11,13H,12H2,1H3,(H,24,27)(H,25,26). The van der Waals surface area contributed by atoms with E-state index >= 15 is 0 Å². The molecule has 1 heterocycles. The molecule has 3 aromatic rings. The Morgan fingerprint density at radius 1 is 1.11 bits per heavy atom. The van der Waals surface area contributed by atoms with Crippen LogP contribution in [-0.2, 0) is 11.3 Å². The molecular formula is C21H18FN3O3. The van der Waals surface area contributed by atoms with E-state index in [4.69, 9.17) is 4.74 Å². The number of aromatic nitrogens is 1. The summed E-state index contributed by atoms with van der Waals surface area (Å²) < 4.78 is 19.7. The van der Waals surface area contributed by atoms with E-state index in [1.807, 2.05) is 0 Å². The van der Waals surface area contributed by atoms with Crippen molar-refractivity contribution in [1.82, 2.24) is 10.3 Å². The molecule has 1 aromatic heterocycles. The number of carbonyl (C=O) groups excluding carboxylic acids is 2. The first-order valence-electron chi connectivity index (χ1n) is 8.53. The van der Waals surface area contributed by atoms with E-state index in [0.717, 1.165) is 0 Å². The first-order valence-corrected chi connectivity index (χ1v) is 8.53. The molecule has 7 heteroatoms. The second-order valence-corrected chi connectivity index (χ2v) is 6.00. The van der Waals surface area contributed by atoms with Crippen LogP contribution in [0.2, 0.25) is 0 Å². The van der Waals surface area contributed by atoms with E-state index in [-0.39, 0.29) is 24.1 Å². The van der Waals surface area contributed by atoms with Gasteiger partial charge in [-0.3, -0.25) is 14.6 Å². The number of ether oxygens (including phenoxy) is 1. The molecule has 0 spiro atoms. The first kappa shape index (κ1) is 19.0. The lowest BCUT2D eigenvalue weighted by atomic mass is 10.1. The average molecular weight is 379 g/mol. The summed E-state index contributed by atoms with van der Waals surface area (Å²) in [4.78, 5) is 27.1. The van der Waals surface area contributed by atoms with E-state index in [1.165, 1.54) is 25.3 Å². The topological polar surface area (TPSA) is 80.3 Å². The molecule has 3 rings (SSSR count). The summed E-state index contributed by atoms with van der Waals surface area (Å²) in [5, 5.41) is 5.36. The first-order chi connectivity index (χ1) is 13.5. The maximum absolute atomic E-state index is 14.2. The predicted molar refractivity (Wildman–Crippen MR) is 103 cm³/mol. The molecule has 2 aromatic carbocycles. The summed E-state index contributed by atoms with van der Waals surface area (Å²) in [7, 11) is 0. The Morgan fingerprint density at radius 3 is 2.54 bits per heavy atom. The molecule has 0 aliphatic rings. The number of pyridine rings is 1. The van der Waals surface area contributed by atoms with Crippen molar-refractivity contribution in [3.8, 4) is 11.5 Å². The summed E-state index contributed by atoms with van der Waals surface area (Å²) in [6.45, 7) is 1.57. The van der Waals surface area contributed by atoms with Gasteiger partial charge in [0, 0.05) is 30.9 Å². The summed E-state index contributed by atoms with van der Waals surface area (Å²) in [6, 6.07) is 14.4. The van der Waals surface area contributed by atoms with Gasteiger partial charge >= 0.3 is 0 Å². The minimum atomic E-state index is -0.532. The van der Waals surface area contributed by atoms with Gasteiger partial charge in [0.25, 0.3) is 5.91 Å². The molecule has 0 unspecified atom stereocenters. The number of amides is 2. The monoisotopic (exact) mass is 379 g/mol.